The van der Waals surface area contributed by atoms with Crippen molar-refractivity contribution in [3.05, 3.63) is 142 Å². The molecule has 2 heteroatoms. The number of aryl methyl sites for hydroxylation is 4. The molecule has 6 aromatic carbocycles. The van der Waals surface area contributed by atoms with Crippen molar-refractivity contribution in [2.45, 2.75) is 33.1 Å². The summed E-state index contributed by atoms with van der Waals surface area (Å²) in [6.07, 6.45) is 0. The van der Waals surface area contributed by atoms with E-state index < -0.39 is 0 Å². The Labute approximate surface area is 258 Å². The van der Waals surface area contributed by atoms with E-state index >= 15 is 0 Å². The molecule has 0 nitrogen and oxygen atoms in total. The molecule has 8 aromatic rings. The molecule has 10 rings (SSSR count). The first-order valence-corrected chi connectivity index (χ1v) is 16.7. The summed E-state index contributed by atoms with van der Waals surface area (Å²) in [6.45, 7) is 8.91. The summed E-state index contributed by atoms with van der Waals surface area (Å²) in [5, 5.41) is 5.52. The second kappa shape index (κ2) is 8.02. The number of hydrogen-bond donors (Lipinski definition) is 0. The summed E-state index contributed by atoms with van der Waals surface area (Å²) in [4.78, 5) is 0. The van der Waals surface area contributed by atoms with Crippen LogP contribution in [0, 0.1) is 27.7 Å². The minimum Gasteiger partial charge on any atom is -0.135 e. The van der Waals surface area contributed by atoms with Crippen LogP contribution in [-0.4, -0.2) is 0 Å². The van der Waals surface area contributed by atoms with Crippen LogP contribution in [0.3, 0.4) is 0 Å². The largest absolute Gasteiger partial charge is 0.135 e. The van der Waals surface area contributed by atoms with Gasteiger partial charge in [-0.3, -0.25) is 0 Å². The van der Waals surface area contributed by atoms with Gasteiger partial charge in [-0.25, -0.2) is 0 Å². The summed E-state index contributed by atoms with van der Waals surface area (Å²) >= 11 is 3.85. The third kappa shape index (κ3) is 2.96. The zero-order valence-corrected chi connectivity index (χ0v) is 26.2. The Morgan fingerprint density at radius 2 is 0.721 bits per heavy atom. The van der Waals surface area contributed by atoms with E-state index in [0.717, 1.165) is 0 Å². The summed E-state index contributed by atoms with van der Waals surface area (Å²) in [5.74, 6) is 0. The fraction of sp³-hybridized carbons (Fsp3) is 0.122. The molecule has 43 heavy (non-hydrogen) atoms. The highest BCUT2D eigenvalue weighted by atomic mass is 32.1. The van der Waals surface area contributed by atoms with Crippen molar-refractivity contribution < 1.29 is 0 Å². The van der Waals surface area contributed by atoms with Crippen molar-refractivity contribution in [1.29, 1.82) is 0 Å². The van der Waals surface area contributed by atoms with E-state index in [1.54, 1.807) is 0 Å². The first-order chi connectivity index (χ1) is 20.9. The predicted molar refractivity (Wildman–Crippen MR) is 187 cm³/mol. The van der Waals surface area contributed by atoms with Gasteiger partial charge >= 0.3 is 0 Å². The number of hydrogen-bond acceptors (Lipinski definition) is 2. The fourth-order valence-electron chi connectivity index (χ4n) is 8.22. The molecular weight excluding hydrogens is 557 g/mol. The van der Waals surface area contributed by atoms with Gasteiger partial charge in [0, 0.05) is 40.3 Å². The molecule has 0 radical (unpaired) electrons. The zero-order valence-electron chi connectivity index (χ0n) is 24.6. The van der Waals surface area contributed by atoms with E-state index in [1.807, 2.05) is 22.7 Å². The van der Waals surface area contributed by atoms with Gasteiger partial charge in [0.15, 0.2) is 0 Å². The van der Waals surface area contributed by atoms with Gasteiger partial charge in [-0.05, 0) is 121 Å². The minimum atomic E-state index is -0.355. The molecule has 2 aliphatic carbocycles. The van der Waals surface area contributed by atoms with Gasteiger partial charge in [-0.1, -0.05) is 70.8 Å². The lowest BCUT2D eigenvalue weighted by Crippen LogP contribution is -2.26. The normalized spacial score (nSPS) is 14.2. The standard InChI is InChI=1S/C41H28S2/c1-21-7-11-37-29(13-21)31-17-35-27(19-39(31)42-37)25-9-5-23(3)15-33(25)41(35)34-16-24(4)6-10-26(34)28-20-40-32(18-36(28)41)30-14-22(2)8-12-38(30)43-40/h5-20H,1-4H3. The maximum Gasteiger partial charge on any atom is 0.0726 e. The van der Waals surface area contributed by atoms with Crippen LogP contribution in [0.25, 0.3) is 62.6 Å². The first kappa shape index (κ1) is 24.2. The lowest BCUT2D eigenvalue weighted by atomic mass is 9.70. The first-order valence-electron chi connectivity index (χ1n) is 15.1. The Balaban J connectivity index is 1.42. The molecule has 1 spiro atoms. The molecule has 0 fully saturated rings. The monoisotopic (exact) mass is 584 g/mol. The van der Waals surface area contributed by atoms with Gasteiger partial charge in [-0.15, -0.1) is 22.7 Å². The van der Waals surface area contributed by atoms with Crippen molar-refractivity contribution >= 4 is 63.0 Å². The SMILES string of the molecule is Cc1ccc2c(c1)C1(c3cc(C)ccc3-c3cc4sc5ccc(C)cc5c4cc31)c1cc3c(cc1-2)sc1ccc(C)cc13. The summed E-state index contributed by atoms with van der Waals surface area (Å²) < 4.78 is 5.49. The molecule has 0 N–H and O–H groups in total. The average Bonchev–Trinajstić information content (AvgIpc) is 3.69. The Morgan fingerprint density at radius 3 is 1.19 bits per heavy atom. The smallest absolute Gasteiger partial charge is 0.0726 e. The van der Waals surface area contributed by atoms with Crippen LogP contribution in [0.4, 0.5) is 0 Å². The van der Waals surface area contributed by atoms with E-state index in [4.69, 9.17) is 0 Å². The van der Waals surface area contributed by atoms with Crippen LogP contribution in [0.2, 0.25) is 0 Å². The van der Waals surface area contributed by atoms with Gasteiger partial charge in [-0.2, -0.15) is 0 Å². The van der Waals surface area contributed by atoms with E-state index in [2.05, 4.69) is 125 Å². The summed E-state index contributed by atoms with van der Waals surface area (Å²) in [5.41, 5.74) is 16.2. The maximum absolute atomic E-state index is 2.57. The molecule has 0 saturated heterocycles. The average molecular weight is 585 g/mol. The third-order valence-electron chi connectivity index (χ3n) is 10.1. The fourth-order valence-corrected chi connectivity index (χ4v) is 10.4. The molecule has 0 bridgehead atoms. The highest BCUT2D eigenvalue weighted by Crippen LogP contribution is 2.64. The molecule has 0 aliphatic heterocycles. The van der Waals surface area contributed by atoms with Crippen LogP contribution in [-0.2, 0) is 5.41 Å². The second-order valence-electron chi connectivity index (χ2n) is 12.8. The molecule has 0 saturated carbocycles. The van der Waals surface area contributed by atoms with Crippen LogP contribution < -0.4 is 0 Å². The molecular formula is C41H28S2. The lowest BCUT2D eigenvalue weighted by Gasteiger charge is -2.31. The number of fused-ring (bicyclic) bond motifs is 16. The highest BCUT2D eigenvalue weighted by molar-refractivity contribution is 7.26. The third-order valence-corrected chi connectivity index (χ3v) is 12.3. The molecule has 0 amide bonds. The molecule has 204 valence electrons. The van der Waals surface area contributed by atoms with E-state index in [9.17, 15) is 0 Å². The van der Waals surface area contributed by atoms with Crippen molar-refractivity contribution in [2.24, 2.45) is 0 Å². The van der Waals surface area contributed by atoms with Gasteiger partial charge in [0.25, 0.3) is 0 Å². The quantitative estimate of drug-likeness (QED) is 0.166. The molecule has 0 atom stereocenters. The van der Waals surface area contributed by atoms with Crippen molar-refractivity contribution in [3.8, 4) is 22.3 Å². The van der Waals surface area contributed by atoms with Gasteiger partial charge in [0.1, 0.15) is 0 Å². The molecule has 2 aliphatic rings. The van der Waals surface area contributed by atoms with Gasteiger partial charge in [0.05, 0.1) is 5.41 Å². The maximum atomic E-state index is 2.57. The molecule has 0 unspecified atom stereocenters. The number of rotatable bonds is 0. The van der Waals surface area contributed by atoms with E-state index in [1.165, 1.54) is 107 Å². The summed E-state index contributed by atoms with van der Waals surface area (Å²) in [6, 6.07) is 38.3. The number of benzene rings is 6. The van der Waals surface area contributed by atoms with Crippen molar-refractivity contribution in [2.75, 3.05) is 0 Å². The zero-order chi connectivity index (χ0) is 28.8. The minimum absolute atomic E-state index is 0.355. The Kier molecular flexibility index (Phi) is 4.52. The second-order valence-corrected chi connectivity index (χ2v) is 15.0. The summed E-state index contributed by atoms with van der Waals surface area (Å²) in [7, 11) is 0. The molecule has 2 aromatic heterocycles. The van der Waals surface area contributed by atoms with Crippen molar-refractivity contribution in [1.82, 2.24) is 0 Å². The van der Waals surface area contributed by atoms with Crippen molar-refractivity contribution in [3.63, 3.8) is 0 Å². The van der Waals surface area contributed by atoms with Crippen LogP contribution in [0.5, 0.6) is 0 Å². The Morgan fingerprint density at radius 1 is 0.349 bits per heavy atom. The highest BCUT2D eigenvalue weighted by Gasteiger charge is 2.52. The van der Waals surface area contributed by atoms with Crippen LogP contribution in [0.1, 0.15) is 44.5 Å². The van der Waals surface area contributed by atoms with Gasteiger partial charge < -0.3 is 0 Å². The lowest BCUT2D eigenvalue weighted by molar-refractivity contribution is 0.794. The number of thiophene rings is 2. The van der Waals surface area contributed by atoms with Gasteiger partial charge in [0.2, 0.25) is 0 Å². The topological polar surface area (TPSA) is 0 Å². The van der Waals surface area contributed by atoms with Crippen LogP contribution >= 0.6 is 22.7 Å². The molecule has 2 heterocycles. The van der Waals surface area contributed by atoms with Crippen LogP contribution in [0.15, 0.2) is 97.1 Å². The Hall–Kier alpha value is -4.24. The van der Waals surface area contributed by atoms with E-state index in [-0.39, 0.29) is 5.41 Å². The Bertz CT molecular complexity index is 2370. The predicted octanol–water partition coefficient (Wildman–Crippen LogP) is 12.0. The van der Waals surface area contributed by atoms with E-state index in [0.29, 0.717) is 0 Å².